The van der Waals surface area contributed by atoms with E-state index >= 15 is 8.78 Å². The number of halogens is 5. The molecule has 0 heterocycles. The number of benzene rings is 4. The lowest BCUT2D eigenvalue weighted by Gasteiger charge is -2.33. The van der Waals surface area contributed by atoms with Gasteiger partial charge in [0, 0.05) is 17.1 Å². The van der Waals surface area contributed by atoms with E-state index < -0.39 is 40.3 Å². The molecule has 4 aromatic carbocycles. The average Bonchev–Trinajstić information content (AvgIpc) is 3.61. The molecule has 40 heavy (non-hydrogen) atoms. The van der Waals surface area contributed by atoms with E-state index in [9.17, 15) is 18.3 Å². The molecular formula is C34H20F5O. The molecule has 0 aromatic heterocycles. The summed E-state index contributed by atoms with van der Waals surface area (Å²) in [5, 5.41) is 12.8. The van der Waals surface area contributed by atoms with Gasteiger partial charge < -0.3 is 5.11 Å². The van der Waals surface area contributed by atoms with Crippen LogP contribution in [0.15, 0.2) is 96.6 Å². The summed E-state index contributed by atoms with van der Waals surface area (Å²) in [5.41, 5.74) is -2.02. The maximum Gasteiger partial charge on any atom is 0.200 e. The van der Waals surface area contributed by atoms with Gasteiger partial charge in [0.15, 0.2) is 23.3 Å². The largest absolute Gasteiger partial charge is 0.376 e. The van der Waals surface area contributed by atoms with Crippen LogP contribution in [-0.4, -0.2) is 5.11 Å². The summed E-state index contributed by atoms with van der Waals surface area (Å²) in [6.07, 6.45) is 7.08. The summed E-state index contributed by atoms with van der Waals surface area (Å²) in [4.78, 5) is 0. The van der Waals surface area contributed by atoms with Crippen molar-refractivity contribution in [2.24, 2.45) is 0 Å². The molecule has 0 amide bonds. The first-order valence-electron chi connectivity index (χ1n) is 12.5. The minimum atomic E-state index is -2.79. The van der Waals surface area contributed by atoms with Crippen LogP contribution in [-0.2, 0) is 5.60 Å². The molecule has 0 spiro atoms. The lowest BCUT2D eigenvalue weighted by atomic mass is 9.76. The highest BCUT2D eigenvalue weighted by molar-refractivity contribution is 6.17. The van der Waals surface area contributed by atoms with Gasteiger partial charge in [-0.1, -0.05) is 91.0 Å². The zero-order valence-corrected chi connectivity index (χ0v) is 20.8. The molecule has 4 aromatic rings. The molecule has 1 fully saturated rings. The SMILES string of the molecule is OC1(c2c(F)c(F)c(F)c(F)c2F)C(c2ccccc2)=C([C]2[CH][CH][CH][CH]2)C(c2ccccc2)=C1c1ccccc1. The van der Waals surface area contributed by atoms with Crippen LogP contribution < -0.4 is 0 Å². The Labute approximate surface area is 228 Å². The molecule has 2 aliphatic carbocycles. The molecule has 1 saturated carbocycles. The first-order chi connectivity index (χ1) is 19.4. The number of allylic oxidation sites excluding steroid dienone is 2. The fraction of sp³-hybridized carbons (Fsp3) is 0.0294. The van der Waals surface area contributed by atoms with Gasteiger partial charge in [-0.2, -0.15) is 0 Å². The lowest BCUT2D eigenvalue weighted by Crippen LogP contribution is -2.32. The van der Waals surface area contributed by atoms with Crippen molar-refractivity contribution >= 4 is 16.7 Å². The second kappa shape index (κ2) is 10.2. The summed E-state index contributed by atoms with van der Waals surface area (Å²) < 4.78 is 75.3. The highest BCUT2D eigenvalue weighted by Gasteiger charge is 2.54. The predicted octanol–water partition coefficient (Wildman–Crippen LogP) is 8.05. The Kier molecular flexibility index (Phi) is 6.67. The molecule has 1 atom stereocenters. The first-order valence-corrected chi connectivity index (χ1v) is 12.5. The maximum atomic E-state index is 15.8. The highest BCUT2D eigenvalue weighted by atomic mass is 19.2. The molecule has 6 heteroatoms. The summed E-state index contributed by atoms with van der Waals surface area (Å²) in [6, 6.07) is 25.5. The minimum absolute atomic E-state index is 0.000198. The summed E-state index contributed by atoms with van der Waals surface area (Å²) in [7, 11) is 0. The Balaban J connectivity index is 1.85. The minimum Gasteiger partial charge on any atom is -0.376 e. The number of aliphatic hydroxyl groups is 1. The van der Waals surface area contributed by atoms with Crippen LogP contribution in [0.5, 0.6) is 0 Å². The van der Waals surface area contributed by atoms with Crippen molar-refractivity contribution in [3.8, 4) is 0 Å². The van der Waals surface area contributed by atoms with E-state index in [1.165, 1.54) is 0 Å². The molecule has 0 aliphatic heterocycles. The van der Waals surface area contributed by atoms with E-state index in [2.05, 4.69) is 0 Å². The van der Waals surface area contributed by atoms with Crippen LogP contribution in [0.25, 0.3) is 16.7 Å². The number of rotatable bonds is 5. The molecule has 2 aliphatic rings. The van der Waals surface area contributed by atoms with Gasteiger partial charge in [0.1, 0.15) is 5.60 Å². The zero-order valence-electron chi connectivity index (χ0n) is 20.8. The summed E-state index contributed by atoms with van der Waals surface area (Å²) in [6.45, 7) is 0. The molecule has 197 valence electrons. The van der Waals surface area contributed by atoms with Crippen molar-refractivity contribution in [1.82, 2.24) is 0 Å². The lowest BCUT2D eigenvalue weighted by molar-refractivity contribution is 0.152. The van der Waals surface area contributed by atoms with E-state index in [0.717, 1.165) is 0 Å². The molecule has 0 bridgehead atoms. The molecule has 1 nitrogen and oxygen atoms in total. The third-order valence-electron chi connectivity index (χ3n) is 7.18. The van der Waals surface area contributed by atoms with Gasteiger partial charge in [0.05, 0.1) is 5.56 Å². The molecule has 0 saturated heterocycles. The summed E-state index contributed by atoms with van der Waals surface area (Å²) >= 11 is 0. The second-order valence-electron chi connectivity index (χ2n) is 9.43. The summed E-state index contributed by atoms with van der Waals surface area (Å²) in [5.74, 6) is -10.2. The van der Waals surface area contributed by atoms with E-state index in [4.69, 9.17) is 0 Å². The van der Waals surface area contributed by atoms with E-state index in [0.29, 0.717) is 33.8 Å². The standard InChI is InChI=1S/C34H20F5O/c35-29-28(30(36)32(38)33(39)31(29)37)34(40)26(22-16-6-2-7-17-22)24(20-12-4-1-5-13-20)25(21-14-10-11-15-21)27(34)23-18-8-3-9-19-23/h1-19,40H. The van der Waals surface area contributed by atoms with Crippen molar-refractivity contribution in [3.05, 3.63) is 180 Å². The Hall–Kier alpha value is -4.03. The van der Waals surface area contributed by atoms with Gasteiger partial charge in [-0.15, -0.1) is 0 Å². The second-order valence-corrected chi connectivity index (χ2v) is 9.43. The van der Waals surface area contributed by atoms with Crippen molar-refractivity contribution in [3.63, 3.8) is 0 Å². The highest BCUT2D eigenvalue weighted by Crippen LogP contribution is 2.62. The van der Waals surface area contributed by atoms with Crippen molar-refractivity contribution < 1.29 is 27.1 Å². The van der Waals surface area contributed by atoms with Crippen LogP contribution in [0.3, 0.4) is 0 Å². The van der Waals surface area contributed by atoms with Crippen LogP contribution in [0, 0.1) is 60.7 Å². The fourth-order valence-electron chi connectivity index (χ4n) is 5.55. The van der Waals surface area contributed by atoms with Crippen molar-refractivity contribution in [1.29, 1.82) is 0 Å². The zero-order chi connectivity index (χ0) is 28.0. The topological polar surface area (TPSA) is 20.2 Å². The van der Waals surface area contributed by atoms with Gasteiger partial charge in [0.2, 0.25) is 5.82 Å². The molecular weight excluding hydrogens is 519 g/mol. The monoisotopic (exact) mass is 539 g/mol. The van der Waals surface area contributed by atoms with Crippen LogP contribution in [0.2, 0.25) is 0 Å². The molecule has 1 unspecified atom stereocenters. The van der Waals surface area contributed by atoms with Crippen LogP contribution in [0.4, 0.5) is 22.0 Å². The Morgan fingerprint density at radius 1 is 0.450 bits per heavy atom. The van der Waals surface area contributed by atoms with E-state index in [1.807, 2.05) is 0 Å². The number of hydrogen-bond acceptors (Lipinski definition) is 1. The first kappa shape index (κ1) is 26.2. The van der Waals surface area contributed by atoms with Crippen LogP contribution in [0.1, 0.15) is 22.3 Å². The van der Waals surface area contributed by atoms with Crippen molar-refractivity contribution in [2.75, 3.05) is 0 Å². The third kappa shape index (κ3) is 3.93. The van der Waals surface area contributed by atoms with Gasteiger partial charge in [0.25, 0.3) is 0 Å². The Morgan fingerprint density at radius 3 is 1.27 bits per heavy atom. The van der Waals surface area contributed by atoms with Gasteiger partial charge in [-0.05, 0) is 53.5 Å². The molecule has 6 rings (SSSR count). The fourth-order valence-corrected chi connectivity index (χ4v) is 5.55. The van der Waals surface area contributed by atoms with Gasteiger partial charge in [-0.25, -0.2) is 22.0 Å². The maximum absolute atomic E-state index is 15.8. The van der Waals surface area contributed by atoms with E-state index in [-0.39, 0.29) is 11.1 Å². The normalized spacial score (nSPS) is 19.6. The third-order valence-corrected chi connectivity index (χ3v) is 7.18. The van der Waals surface area contributed by atoms with Gasteiger partial charge >= 0.3 is 0 Å². The average molecular weight is 540 g/mol. The smallest absolute Gasteiger partial charge is 0.200 e. The van der Waals surface area contributed by atoms with Gasteiger partial charge in [-0.3, -0.25) is 0 Å². The molecule has 1 N–H and O–H groups in total. The van der Waals surface area contributed by atoms with Crippen LogP contribution >= 0.6 is 0 Å². The van der Waals surface area contributed by atoms with Crippen molar-refractivity contribution in [2.45, 2.75) is 5.60 Å². The van der Waals surface area contributed by atoms with E-state index in [1.54, 1.807) is 117 Å². The predicted molar refractivity (Wildman–Crippen MR) is 144 cm³/mol. The Bertz CT molecular complexity index is 1610. The number of hydrogen-bond donors (Lipinski definition) is 1. The quantitative estimate of drug-likeness (QED) is 0.155. The Morgan fingerprint density at radius 2 is 0.825 bits per heavy atom. The molecule has 5 radical (unpaired) electrons.